The summed E-state index contributed by atoms with van der Waals surface area (Å²) in [5, 5.41) is 7.82. The van der Waals surface area contributed by atoms with Gasteiger partial charge in [-0.2, -0.15) is 9.36 Å². The maximum atomic E-state index is 12.5. The highest BCUT2D eigenvalue weighted by Crippen LogP contribution is 2.20. The highest BCUT2D eigenvalue weighted by molar-refractivity contribution is 5.94. The maximum Gasteiger partial charge on any atom is 0.368 e. The fraction of sp³-hybridized carbons (Fsp3) is 0.176. The molecule has 3 rings (SSSR count). The highest BCUT2D eigenvalue weighted by Gasteiger charge is 2.13. The number of hydrogen-bond donors (Lipinski definition) is 0. The first-order valence-electron chi connectivity index (χ1n) is 7.36. The topological polar surface area (TPSA) is 79.0 Å². The second-order valence-electron chi connectivity index (χ2n) is 5.25. The number of tetrazole rings is 1. The van der Waals surface area contributed by atoms with Crippen molar-refractivity contribution in [3.05, 3.63) is 70.1 Å². The lowest BCUT2D eigenvalue weighted by Crippen LogP contribution is -2.25. The molecule has 0 N–H and O–H groups in total. The Bertz CT molecular complexity index is 929. The van der Waals surface area contributed by atoms with Crippen LogP contribution >= 0.6 is 0 Å². The quantitative estimate of drug-likeness (QED) is 0.667. The van der Waals surface area contributed by atoms with E-state index in [1.165, 1.54) is 23.4 Å². The molecule has 122 valence electrons. The Balaban J connectivity index is 1.98. The molecule has 1 heterocycles. The fourth-order valence-electron chi connectivity index (χ4n) is 2.39. The molecule has 1 aromatic heterocycles. The molecule has 0 saturated carbocycles. The number of ether oxygens (including phenoxy) is 1. The van der Waals surface area contributed by atoms with Gasteiger partial charge in [0.25, 0.3) is 0 Å². The smallest absolute Gasteiger partial charge is 0.368 e. The van der Waals surface area contributed by atoms with E-state index in [2.05, 4.69) is 10.4 Å². The van der Waals surface area contributed by atoms with Gasteiger partial charge in [-0.05, 0) is 47.7 Å². The van der Waals surface area contributed by atoms with E-state index in [0.29, 0.717) is 22.6 Å². The second kappa shape index (κ2) is 6.49. The molecule has 3 aromatic rings. The maximum absolute atomic E-state index is 12.5. The van der Waals surface area contributed by atoms with Crippen LogP contribution in [-0.2, 0) is 6.54 Å². The van der Waals surface area contributed by atoms with Gasteiger partial charge < -0.3 is 4.74 Å². The molecule has 0 fully saturated rings. The Morgan fingerprint density at radius 2 is 1.88 bits per heavy atom. The standard InChI is InChI=1S/C17H16N4O3/c1-12(22)13-8-9-16(24-2)14(10-13)11-20-17(23)21(19-18-20)15-6-4-3-5-7-15/h3-10H,11H2,1-2H3. The zero-order chi connectivity index (χ0) is 17.1. The van der Waals surface area contributed by atoms with Gasteiger partial charge in [-0.3, -0.25) is 4.79 Å². The molecule has 7 heteroatoms. The summed E-state index contributed by atoms with van der Waals surface area (Å²) >= 11 is 0. The highest BCUT2D eigenvalue weighted by atomic mass is 16.5. The van der Waals surface area contributed by atoms with Gasteiger partial charge in [-0.15, -0.1) is 0 Å². The average molecular weight is 324 g/mol. The molecule has 0 atom stereocenters. The Hall–Kier alpha value is -3.22. The van der Waals surface area contributed by atoms with E-state index in [1.54, 1.807) is 30.3 Å². The minimum atomic E-state index is -0.364. The number of carbonyl (C=O) groups is 1. The number of hydrogen-bond acceptors (Lipinski definition) is 5. The number of Topliss-reactive ketones (excluding diaryl/α,β-unsaturated/α-hetero) is 1. The lowest BCUT2D eigenvalue weighted by atomic mass is 10.1. The van der Waals surface area contributed by atoms with Crippen molar-refractivity contribution in [2.24, 2.45) is 0 Å². The van der Waals surface area contributed by atoms with Crippen LogP contribution in [0, 0.1) is 0 Å². The Labute approximate surface area is 138 Å². The van der Waals surface area contributed by atoms with Crippen molar-refractivity contribution in [2.45, 2.75) is 13.5 Å². The summed E-state index contributed by atoms with van der Waals surface area (Å²) in [5.41, 5.74) is 1.51. The van der Waals surface area contributed by atoms with Crippen molar-refractivity contribution in [1.29, 1.82) is 0 Å². The molecular formula is C17H16N4O3. The molecule has 0 amide bonds. The summed E-state index contributed by atoms with van der Waals surface area (Å²) in [5.74, 6) is 0.528. The van der Waals surface area contributed by atoms with E-state index in [9.17, 15) is 9.59 Å². The number of para-hydroxylation sites is 1. The Kier molecular flexibility index (Phi) is 4.24. The predicted molar refractivity (Wildman–Crippen MR) is 87.7 cm³/mol. The first-order chi connectivity index (χ1) is 11.6. The number of methoxy groups -OCH3 is 1. The van der Waals surface area contributed by atoms with Crippen LogP contribution in [0.25, 0.3) is 5.69 Å². The summed E-state index contributed by atoms with van der Waals surface area (Å²) in [6.45, 7) is 1.65. The van der Waals surface area contributed by atoms with Crippen molar-refractivity contribution in [3.8, 4) is 11.4 Å². The van der Waals surface area contributed by atoms with E-state index in [4.69, 9.17) is 4.74 Å². The van der Waals surface area contributed by atoms with Gasteiger partial charge in [0.05, 0.1) is 19.3 Å². The van der Waals surface area contributed by atoms with E-state index < -0.39 is 0 Å². The first-order valence-corrected chi connectivity index (χ1v) is 7.36. The number of aromatic nitrogens is 4. The van der Waals surface area contributed by atoms with Crippen molar-refractivity contribution >= 4 is 5.78 Å². The average Bonchev–Trinajstić information content (AvgIpc) is 2.96. The fourth-order valence-corrected chi connectivity index (χ4v) is 2.39. The SMILES string of the molecule is COc1ccc(C(C)=O)cc1Cn1nnn(-c2ccccc2)c1=O. The summed E-state index contributed by atoms with van der Waals surface area (Å²) in [7, 11) is 1.54. The van der Waals surface area contributed by atoms with Crippen LogP contribution in [0.1, 0.15) is 22.8 Å². The van der Waals surface area contributed by atoms with Gasteiger partial charge >= 0.3 is 5.69 Å². The number of ketones is 1. The molecular weight excluding hydrogens is 308 g/mol. The van der Waals surface area contributed by atoms with E-state index >= 15 is 0 Å². The molecule has 0 aliphatic rings. The number of benzene rings is 2. The van der Waals surface area contributed by atoms with Crippen molar-refractivity contribution in [2.75, 3.05) is 7.11 Å². The van der Waals surface area contributed by atoms with Crippen LogP contribution in [0.2, 0.25) is 0 Å². The van der Waals surface area contributed by atoms with Gasteiger partial charge in [0.2, 0.25) is 0 Å². The molecule has 24 heavy (non-hydrogen) atoms. The van der Waals surface area contributed by atoms with Gasteiger partial charge in [0.1, 0.15) is 5.75 Å². The third-order valence-corrected chi connectivity index (χ3v) is 3.65. The Morgan fingerprint density at radius 1 is 1.12 bits per heavy atom. The molecule has 0 radical (unpaired) electrons. The van der Waals surface area contributed by atoms with E-state index in [-0.39, 0.29) is 18.0 Å². The lowest BCUT2D eigenvalue weighted by Gasteiger charge is -2.09. The van der Waals surface area contributed by atoms with Crippen LogP contribution in [0.4, 0.5) is 0 Å². The largest absolute Gasteiger partial charge is 0.496 e. The molecule has 0 aliphatic carbocycles. The predicted octanol–water partition coefficient (Wildman–Crippen LogP) is 1.69. The summed E-state index contributed by atoms with van der Waals surface area (Å²) in [6, 6.07) is 14.1. The number of nitrogens with zero attached hydrogens (tertiary/aromatic N) is 4. The van der Waals surface area contributed by atoms with Gasteiger partial charge in [0.15, 0.2) is 5.78 Å². The van der Waals surface area contributed by atoms with Crippen molar-refractivity contribution in [1.82, 2.24) is 19.8 Å². The third-order valence-electron chi connectivity index (χ3n) is 3.65. The van der Waals surface area contributed by atoms with Crippen LogP contribution in [0.15, 0.2) is 53.3 Å². The number of carbonyl (C=O) groups excluding carboxylic acids is 1. The first kappa shape index (κ1) is 15.7. The molecule has 7 nitrogen and oxygen atoms in total. The second-order valence-corrected chi connectivity index (χ2v) is 5.25. The molecule has 2 aromatic carbocycles. The van der Waals surface area contributed by atoms with Crippen molar-refractivity contribution < 1.29 is 9.53 Å². The molecule has 0 spiro atoms. The van der Waals surface area contributed by atoms with Gasteiger partial charge in [0, 0.05) is 11.1 Å². The minimum absolute atomic E-state index is 0.0563. The Morgan fingerprint density at radius 3 is 2.54 bits per heavy atom. The van der Waals surface area contributed by atoms with Crippen LogP contribution < -0.4 is 10.4 Å². The van der Waals surface area contributed by atoms with Crippen LogP contribution in [0.5, 0.6) is 5.75 Å². The summed E-state index contributed by atoms with van der Waals surface area (Å²) < 4.78 is 7.76. The molecule has 0 bridgehead atoms. The zero-order valence-corrected chi connectivity index (χ0v) is 13.3. The summed E-state index contributed by atoms with van der Waals surface area (Å²) in [6.07, 6.45) is 0. The van der Waals surface area contributed by atoms with Crippen LogP contribution in [-0.4, -0.2) is 32.7 Å². The minimum Gasteiger partial charge on any atom is -0.496 e. The van der Waals surface area contributed by atoms with Gasteiger partial charge in [-0.25, -0.2) is 4.79 Å². The van der Waals surface area contributed by atoms with Crippen molar-refractivity contribution in [3.63, 3.8) is 0 Å². The monoisotopic (exact) mass is 324 g/mol. The van der Waals surface area contributed by atoms with Gasteiger partial charge in [-0.1, -0.05) is 18.2 Å². The molecule has 0 saturated heterocycles. The van der Waals surface area contributed by atoms with E-state index in [1.807, 2.05) is 18.2 Å². The number of rotatable bonds is 5. The normalized spacial score (nSPS) is 10.6. The molecule has 0 unspecified atom stereocenters. The third kappa shape index (κ3) is 2.96. The zero-order valence-electron chi connectivity index (χ0n) is 13.3. The summed E-state index contributed by atoms with van der Waals surface area (Å²) in [4.78, 5) is 24.0. The lowest BCUT2D eigenvalue weighted by molar-refractivity contribution is 0.101. The van der Waals surface area contributed by atoms with E-state index in [0.717, 1.165) is 0 Å². The van der Waals surface area contributed by atoms with Crippen LogP contribution in [0.3, 0.4) is 0 Å². The molecule has 0 aliphatic heterocycles.